The molecule has 33 heavy (non-hydrogen) atoms. The maximum absolute atomic E-state index is 13.2. The molecule has 1 atom stereocenters. The van der Waals surface area contributed by atoms with Crippen molar-refractivity contribution in [1.29, 1.82) is 0 Å². The molecule has 0 aliphatic carbocycles. The molecule has 172 valence electrons. The second-order valence-corrected chi connectivity index (χ2v) is 9.12. The third kappa shape index (κ3) is 6.77. The average Bonchev–Trinajstić information content (AvgIpc) is 2.80. The summed E-state index contributed by atoms with van der Waals surface area (Å²) in [5.74, 6) is -1.25. The molecule has 0 radical (unpaired) electrons. The van der Waals surface area contributed by atoms with E-state index in [1.54, 1.807) is 6.92 Å². The molecule has 0 aliphatic heterocycles. The van der Waals surface area contributed by atoms with E-state index in [0.29, 0.717) is 5.69 Å². The van der Waals surface area contributed by atoms with Gasteiger partial charge in [0, 0.05) is 24.0 Å². The topological polar surface area (TPSA) is 105 Å². The van der Waals surface area contributed by atoms with E-state index in [-0.39, 0.29) is 35.6 Å². The number of aromatic nitrogens is 1. The first-order valence-electron chi connectivity index (χ1n) is 10.4. The third-order valence-electron chi connectivity index (χ3n) is 4.88. The zero-order valence-electron chi connectivity index (χ0n) is 18.0. The van der Waals surface area contributed by atoms with Crippen molar-refractivity contribution in [3.05, 3.63) is 95.6 Å². The largest absolute Gasteiger partial charge is 0.342 e. The minimum atomic E-state index is -3.64. The summed E-state index contributed by atoms with van der Waals surface area (Å²) < 4.78 is 39.7. The number of ketones is 1. The molecular formula is C24H24FN3O4S. The summed E-state index contributed by atoms with van der Waals surface area (Å²) in [4.78, 5) is 29.8. The molecule has 0 aliphatic rings. The Morgan fingerprint density at radius 3 is 2.30 bits per heavy atom. The van der Waals surface area contributed by atoms with Gasteiger partial charge in [0.25, 0.3) is 5.91 Å². The molecular weight excluding hydrogens is 445 g/mol. The van der Waals surface area contributed by atoms with Gasteiger partial charge in [0.2, 0.25) is 10.0 Å². The maximum Gasteiger partial charge on any atom is 0.251 e. The van der Waals surface area contributed by atoms with Crippen molar-refractivity contribution in [2.24, 2.45) is 0 Å². The van der Waals surface area contributed by atoms with Crippen LogP contribution in [0.5, 0.6) is 0 Å². The van der Waals surface area contributed by atoms with Crippen LogP contribution in [0, 0.1) is 5.82 Å². The molecule has 0 saturated carbocycles. The molecule has 3 aromatic rings. The highest BCUT2D eigenvalue weighted by molar-refractivity contribution is 7.89. The number of halogens is 1. The molecule has 1 amide bonds. The van der Waals surface area contributed by atoms with E-state index >= 15 is 0 Å². The number of carbonyl (C=O) groups excluding carboxylic acids is 2. The van der Waals surface area contributed by atoms with Gasteiger partial charge in [-0.3, -0.25) is 14.6 Å². The standard InChI is InChI=1S/C24H24FN3O4S/c1-2-27-33(31,32)21-13-12-20(26-16-21)15-23(29)22(14-17-6-4-3-5-7-17)28-24(30)18-8-10-19(25)11-9-18/h3-13,16,22,27H,2,14-15H2,1H3,(H,28,30)/t22-/m0/s1. The zero-order chi connectivity index (χ0) is 23.8. The van der Waals surface area contributed by atoms with Crippen LogP contribution in [0.2, 0.25) is 0 Å². The molecule has 0 bridgehead atoms. The lowest BCUT2D eigenvalue weighted by atomic mass is 9.99. The Labute approximate surface area is 192 Å². The van der Waals surface area contributed by atoms with Gasteiger partial charge in [-0.2, -0.15) is 0 Å². The Morgan fingerprint density at radius 1 is 1.00 bits per heavy atom. The highest BCUT2D eigenvalue weighted by Gasteiger charge is 2.23. The number of nitrogens with one attached hydrogen (secondary N) is 2. The highest BCUT2D eigenvalue weighted by atomic mass is 32.2. The Hall–Kier alpha value is -3.43. The normalized spacial score (nSPS) is 12.2. The average molecular weight is 470 g/mol. The molecule has 3 rings (SSSR count). The molecule has 2 N–H and O–H groups in total. The van der Waals surface area contributed by atoms with Crippen molar-refractivity contribution in [1.82, 2.24) is 15.0 Å². The van der Waals surface area contributed by atoms with Crippen molar-refractivity contribution in [2.75, 3.05) is 6.54 Å². The van der Waals surface area contributed by atoms with Gasteiger partial charge >= 0.3 is 0 Å². The summed E-state index contributed by atoms with van der Waals surface area (Å²) in [5, 5.41) is 2.73. The molecule has 0 spiro atoms. The Morgan fingerprint density at radius 2 is 1.70 bits per heavy atom. The Bertz CT molecular complexity index is 1200. The van der Waals surface area contributed by atoms with E-state index in [2.05, 4.69) is 15.0 Å². The van der Waals surface area contributed by atoms with Crippen LogP contribution >= 0.6 is 0 Å². The van der Waals surface area contributed by atoms with E-state index < -0.39 is 27.8 Å². The Kier molecular flexibility index (Phi) is 8.02. The number of benzene rings is 2. The van der Waals surface area contributed by atoms with Gasteiger partial charge in [0.1, 0.15) is 10.7 Å². The number of amides is 1. The third-order valence-corrected chi connectivity index (χ3v) is 6.41. The number of nitrogens with zero attached hydrogens (tertiary/aromatic N) is 1. The van der Waals surface area contributed by atoms with Gasteiger partial charge in [-0.05, 0) is 48.4 Å². The molecule has 0 unspecified atom stereocenters. The summed E-state index contributed by atoms with van der Waals surface area (Å²) in [6, 6.07) is 16.3. The highest BCUT2D eigenvalue weighted by Crippen LogP contribution is 2.12. The second-order valence-electron chi connectivity index (χ2n) is 7.35. The van der Waals surface area contributed by atoms with Gasteiger partial charge in [-0.1, -0.05) is 37.3 Å². The van der Waals surface area contributed by atoms with Gasteiger partial charge in [0.15, 0.2) is 5.78 Å². The number of Topliss-reactive ketones (excluding diaryl/α,β-unsaturated/α-hetero) is 1. The van der Waals surface area contributed by atoms with Crippen molar-refractivity contribution in [3.8, 4) is 0 Å². The fraction of sp³-hybridized carbons (Fsp3) is 0.208. The van der Waals surface area contributed by atoms with Crippen LogP contribution < -0.4 is 10.0 Å². The van der Waals surface area contributed by atoms with E-state index in [1.165, 1.54) is 42.6 Å². The van der Waals surface area contributed by atoms with E-state index in [0.717, 1.165) is 5.56 Å². The molecule has 0 saturated heterocycles. The molecule has 1 heterocycles. The lowest BCUT2D eigenvalue weighted by molar-refractivity contribution is -0.120. The van der Waals surface area contributed by atoms with Crippen LogP contribution in [0.4, 0.5) is 4.39 Å². The fourth-order valence-electron chi connectivity index (χ4n) is 3.19. The van der Waals surface area contributed by atoms with Crippen molar-refractivity contribution >= 4 is 21.7 Å². The lowest BCUT2D eigenvalue weighted by Gasteiger charge is -2.18. The molecule has 2 aromatic carbocycles. The predicted octanol–water partition coefficient (Wildman–Crippen LogP) is 2.67. The molecule has 7 nitrogen and oxygen atoms in total. The monoisotopic (exact) mass is 469 g/mol. The summed E-state index contributed by atoms with van der Waals surface area (Å²) in [7, 11) is -3.64. The van der Waals surface area contributed by atoms with Crippen LogP contribution in [-0.2, 0) is 27.7 Å². The van der Waals surface area contributed by atoms with E-state index in [1.807, 2.05) is 30.3 Å². The summed E-state index contributed by atoms with van der Waals surface area (Å²) in [6.45, 7) is 1.92. The van der Waals surface area contributed by atoms with E-state index in [9.17, 15) is 22.4 Å². The SMILES string of the molecule is CCNS(=O)(=O)c1ccc(CC(=O)[C@H](Cc2ccccc2)NC(=O)c2ccc(F)cc2)nc1. The lowest BCUT2D eigenvalue weighted by Crippen LogP contribution is -2.43. The molecule has 1 aromatic heterocycles. The second kappa shape index (κ2) is 10.9. The first-order chi connectivity index (χ1) is 15.8. The number of hydrogen-bond donors (Lipinski definition) is 2. The smallest absolute Gasteiger partial charge is 0.251 e. The number of rotatable bonds is 10. The Balaban J connectivity index is 1.77. The first-order valence-corrected chi connectivity index (χ1v) is 11.8. The summed E-state index contributed by atoms with van der Waals surface area (Å²) in [6.07, 6.45) is 1.37. The van der Waals surface area contributed by atoms with Crippen LogP contribution in [0.3, 0.4) is 0 Å². The van der Waals surface area contributed by atoms with Crippen LogP contribution in [0.15, 0.2) is 77.8 Å². The number of pyridine rings is 1. The number of sulfonamides is 1. The zero-order valence-corrected chi connectivity index (χ0v) is 18.8. The number of hydrogen-bond acceptors (Lipinski definition) is 5. The minimum Gasteiger partial charge on any atom is -0.342 e. The maximum atomic E-state index is 13.2. The predicted molar refractivity (Wildman–Crippen MR) is 122 cm³/mol. The van der Waals surface area contributed by atoms with Crippen LogP contribution in [0.1, 0.15) is 28.5 Å². The van der Waals surface area contributed by atoms with Gasteiger partial charge < -0.3 is 5.32 Å². The summed E-state index contributed by atoms with van der Waals surface area (Å²) in [5.41, 5.74) is 1.47. The van der Waals surface area contributed by atoms with Crippen molar-refractivity contribution in [2.45, 2.75) is 30.7 Å². The van der Waals surface area contributed by atoms with Gasteiger partial charge in [-0.15, -0.1) is 0 Å². The first kappa shape index (κ1) is 24.2. The molecule has 0 fully saturated rings. The van der Waals surface area contributed by atoms with E-state index in [4.69, 9.17) is 0 Å². The molecule has 9 heteroatoms. The minimum absolute atomic E-state index is 0.00555. The van der Waals surface area contributed by atoms with Crippen LogP contribution in [0.25, 0.3) is 0 Å². The number of carbonyl (C=O) groups is 2. The fourth-order valence-corrected chi connectivity index (χ4v) is 4.17. The van der Waals surface area contributed by atoms with Gasteiger partial charge in [-0.25, -0.2) is 17.5 Å². The van der Waals surface area contributed by atoms with Crippen molar-refractivity contribution in [3.63, 3.8) is 0 Å². The van der Waals surface area contributed by atoms with Gasteiger partial charge in [0.05, 0.1) is 12.5 Å². The van der Waals surface area contributed by atoms with Crippen molar-refractivity contribution < 1.29 is 22.4 Å². The quantitative estimate of drug-likeness (QED) is 0.475. The van der Waals surface area contributed by atoms with Crippen LogP contribution in [-0.4, -0.2) is 37.7 Å². The summed E-state index contributed by atoms with van der Waals surface area (Å²) >= 11 is 0.